The number of carbonyl (C=O) groups excluding carboxylic acids is 1. The van der Waals surface area contributed by atoms with Crippen molar-refractivity contribution in [2.24, 2.45) is 29.6 Å². The molecule has 11 atom stereocenters. The molecule has 4 aliphatic rings. The number of esters is 1. The topological polar surface area (TPSA) is 90.0 Å². The van der Waals surface area contributed by atoms with Crippen LogP contribution in [0, 0.1) is 29.6 Å². The number of rotatable bonds is 4. The maximum atomic E-state index is 12.9. The van der Waals surface area contributed by atoms with E-state index < -0.39 is 23.8 Å². The smallest absolute Gasteiger partial charge is 0.355 e. The molecule has 0 amide bonds. The number of hydrogen-bond acceptors (Lipinski definition) is 6. The Labute approximate surface area is 213 Å². The van der Waals surface area contributed by atoms with E-state index in [-0.39, 0.29) is 47.9 Å². The van der Waals surface area contributed by atoms with E-state index in [1.807, 2.05) is 6.92 Å². The summed E-state index contributed by atoms with van der Waals surface area (Å²) < 4.78 is 25.2. The van der Waals surface area contributed by atoms with E-state index in [1.165, 1.54) is 0 Å². The molecule has 0 unspecified atom stereocenters. The summed E-state index contributed by atoms with van der Waals surface area (Å²) in [5.41, 5.74) is 0.752. The van der Waals surface area contributed by atoms with Gasteiger partial charge in [-0.15, -0.1) is 0 Å². The summed E-state index contributed by atoms with van der Waals surface area (Å²) in [5.74, 6) is -0.237. The third-order valence-electron chi connectivity index (χ3n) is 9.08. The largest absolute Gasteiger partial charge is 0.492 e. The molecule has 196 valence electrons. The maximum absolute atomic E-state index is 12.9. The van der Waals surface area contributed by atoms with Gasteiger partial charge in [0, 0.05) is 42.9 Å². The molecule has 5 rings (SSSR count). The van der Waals surface area contributed by atoms with Gasteiger partial charge in [0.15, 0.2) is 0 Å². The van der Waals surface area contributed by atoms with Crippen LogP contribution in [0.4, 0.5) is 0 Å². The van der Waals surface area contributed by atoms with Crippen LogP contribution in [0.25, 0.3) is 0 Å². The minimum atomic E-state index is -0.730. The minimum absolute atomic E-state index is 0.0351. The Bertz CT molecular complexity index is 1050. The Morgan fingerprint density at radius 1 is 1.33 bits per heavy atom. The van der Waals surface area contributed by atoms with Gasteiger partial charge in [-0.3, -0.25) is 0 Å². The first kappa shape index (κ1) is 25.3. The van der Waals surface area contributed by atoms with Crippen LogP contribution < -0.4 is 0 Å². The van der Waals surface area contributed by atoms with Crippen LogP contribution in [0.1, 0.15) is 51.0 Å². The van der Waals surface area contributed by atoms with Gasteiger partial charge in [0.05, 0.1) is 6.10 Å². The molecular weight excluding hydrogens is 458 g/mol. The van der Waals surface area contributed by atoms with Gasteiger partial charge in [-0.1, -0.05) is 45.6 Å². The molecule has 4 bridgehead atoms. The predicted octanol–water partition coefficient (Wildman–Crippen LogP) is 4.42. The zero-order chi connectivity index (χ0) is 25.8. The first-order valence-corrected chi connectivity index (χ1v) is 13.2. The Hall–Kier alpha value is -2.35. The number of aliphatic hydroxyl groups is 1. The summed E-state index contributed by atoms with van der Waals surface area (Å²) in [7, 11) is 1.68. The van der Waals surface area contributed by atoms with Gasteiger partial charge in [0.1, 0.15) is 41.5 Å². The fraction of sp³-hybridized carbons (Fsp3) is 0.621. The number of nitrogens with one attached hydrogen (secondary N) is 1. The molecule has 2 fully saturated rings. The highest BCUT2D eigenvalue weighted by Gasteiger charge is 2.68. The lowest BCUT2D eigenvalue weighted by Gasteiger charge is -2.49. The van der Waals surface area contributed by atoms with Crippen LogP contribution in [0.3, 0.4) is 0 Å². The monoisotopic (exact) mass is 497 g/mol. The Morgan fingerprint density at radius 2 is 2.11 bits per heavy atom. The SMILES string of the molecule is C=C1O[C@H](CC)[C@H](C)/C=C(\C)[C@]23O[C@@H]4[C@H](C=C[C@@H]2C[C@@H]1OC)[C@H]3[C@H](O)[C@@H](C)[C@H]4OC(=O)c1ccc[nH]1. The number of aliphatic hydroxyl groups excluding tert-OH is 1. The van der Waals surface area contributed by atoms with E-state index in [0.717, 1.165) is 12.0 Å². The summed E-state index contributed by atoms with van der Waals surface area (Å²) in [6.07, 6.45) is 7.79. The lowest BCUT2D eigenvalue weighted by Crippen LogP contribution is -2.57. The van der Waals surface area contributed by atoms with Crippen LogP contribution in [-0.2, 0) is 18.9 Å². The molecule has 7 heteroatoms. The van der Waals surface area contributed by atoms with Crippen molar-refractivity contribution in [2.75, 3.05) is 7.11 Å². The van der Waals surface area contributed by atoms with E-state index >= 15 is 0 Å². The van der Waals surface area contributed by atoms with Crippen molar-refractivity contribution in [1.82, 2.24) is 4.98 Å². The molecule has 3 heterocycles. The molecule has 2 aliphatic carbocycles. The number of aromatic amines is 1. The van der Waals surface area contributed by atoms with Gasteiger partial charge in [-0.25, -0.2) is 4.79 Å². The lowest BCUT2D eigenvalue weighted by atomic mass is 9.57. The summed E-state index contributed by atoms with van der Waals surface area (Å²) in [6.45, 7) is 12.5. The van der Waals surface area contributed by atoms with Crippen LogP contribution in [0.2, 0.25) is 0 Å². The first-order valence-electron chi connectivity index (χ1n) is 13.2. The second-order valence-electron chi connectivity index (χ2n) is 11.0. The zero-order valence-corrected chi connectivity index (χ0v) is 21.8. The predicted molar refractivity (Wildman–Crippen MR) is 135 cm³/mol. The first-order chi connectivity index (χ1) is 17.2. The van der Waals surface area contributed by atoms with Gasteiger partial charge >= 0.3 is 5.97 Å². The highest BCUT2D eigenvalue weighted by molar-refractivity contribution is 5.87. The standard InChI is InChI=1S/C29H39NO6/c1-7-22-15(2)13-16(3)29-19(14-23(33-6)18(5)34-22)10-11-20-24(29)25(31)17(4)26(27(20)36-29)35-28(32)21-9-8-12-30-21/h8-13,15,17,19-20,22-27,30-31H,5,7,14H2,1-4,6H3/b16-13+/t15-,17-,19-,20-,22-,23+,24+,25-,26-,27-,29+/m1/s1. The molecule has 2 aliphatic heterocycles. The Morgan fingerprint density at radius 3 is 2.78 bits per heavy atom. The number of H-pyrrole nitrogens is 1. The van der Waals surface area contributed by atoms with E-state index in [9.17, 15) is 9.90 Å². The van der Waals surface area contributed by atoms with Gasteiger partial charge in [0.2, 0.25) is 0 Å². The summed E-state index contributed by atoms with van der Waals surface area (Å²) in [6, 6.07) is 3.46. The van der Waals surface area contributed by atoms with Crippen molar-refractivity contribution in [3.05, 3.63) is 60.2 Å². The molecular formula is C29H39NO6. The third-order valence-corrected chi connectivity index (χ3v) is 9.08. The molecule has 0 aromatic carbocycles. The fourth-order valence-corrected chi connectivity index (χ4v) is 7.20. The zero-order valence-electron chi connectivity index (χ0n) is 21.8. The second kappa shape index (κ2) is 9.51. The number of carbonyl (C=O) groups is 1. The van der Waals surface area contributed by atoms with Crippen molar-refractivity contribution in [3.8, 4) is 0 Å². The number of aromatic nitrogens is 1. The maximum Gasteiger partial charge on any atom is 0.355 e. The van der Waals surface area contributed by atoms with Crippen molar-refractivity contribution in [1.29, 1.82) is 0 Å². The Kier molecular flexibility index (Phi) is 6.68. The Balaban J connectivity index is 1.57. The lowest BCUT2D eigenvalue weighted by molar-refractivity contribution is -0.107. The van der Waals surface area contributed by atoms with Gasteiger partial charge < -0.3 is 29.0 Å². The van der Waals surface area contributed by atoms with Crippen LogP contribution in [-0.4, -0.2) is 59.3 Å². The normalized spacial score (nSPS) is 45.3. The second-order valence-corrected chi connectivity index (χ2v) is 11.0. The average molecular weight is 498 g/mol. The number of ether oxygens (including phenoxy) is 4. The molecule has 7 nitrogen and oxygen atoms in total. The highest BCUT2D eigenvalue weighted by Crippen LogP contribution is 2.61. The quantitative estimate of drug-likeness (QED) is 0.473. The van der Waals surface area contributed by atoms with Crippen molar-refractivity contribution < 1.29 is 28.8 Å². The average Bonchev–Trinajstić information content (AvgIpc) is 3.46. The summed E-state index contributed by atoms with van der Waals surface area (Å²) in [5, 5.41) is 11.7. The molecule has 1 aromatic rings. The number of methoxy groups -OCH3 is 1. The van der Waals surface area contributed by atoms with Crippen LogP contribution in [0.5, 0.6) is 0 Å². The van der Waals surface area contributed by atoms with Gasteiger partial charge in [-0.2, -0.15) is 0 Å². The summed E-state index contributed by atoms with van der Waals surface area (Å²) >= 11 is 0. The fourth-order valence-electron chi connectivity index (χ4n) is 7.20. The van der Waals surface area contributed by atoms with Crippen molar-refractivity contribution >= 4 is 5.97 Å². The van der Waals surface area contributed by atoms with E-state index in [4.69, 9.17) is 18.9 Å². The molecule has 1 aromatic heterocycles. The highest BCUT2D eigenvalue weighted by atomic mass is 16.6. The minimum Gasteiger partial charge on any atom is -0.492 e. The van der Waals surface area contributed by atoms with Crippen LogP contribution >= 0.6 is 0 Å². The van der Waals surface area contributed by atoms with Gasteiger partial charge in [-0.05, 0) is 37.5 Å². The molecule has 36 heavy (non-hydrogen) atoms. The van der Waals surface area contributed by atoms with Crippen molar-refractivity contribution in [2.45, 2.75) is 76.7 Å². The molecule has 1 saturated carbocycles. The molecule has 2 N–H and O–H groups in total. The summed E-state index contributed by atoms with van der Waals surface area (Å²) in [4.78, 5) is 15.8. The van der Waals surface area contributed by atoms with E-state index in [2.05, 4.69) is 50.6 Å². The van der Waals surface area contributed by atoms with Crippen LogP contribution in [0.15, 0.2) is 54.5 Å². The third kappa shape index (κ3) is 3.78. The molecule has 0 radical (unpaired) electrons. The van der Waals surface area contributed by atoms with E-state index in [0.29, 0.717) is 17.9 Å². The number of hydrogen-bond donors (Lipinski definition) is 2. The molecule has 1 spiro atoms. The van der Waals surface area contributed by atoms with Gasteiger partial charge in [0.25, 0.3) is 0 Å². The van der Waals surface area contributed by atoms with Crippen molar-refractivity contribution in [3.63, 3.8) is 0 Å². The molecule has 1 saturated heterocycles. The van der Waals surface area contributed by atoms with E-state index in [1.54, 1.807) is 25.4 Å².